The number of nitro benzene ring substituents is 1. The molecule has 1 saturated heterocycles. The van der Waals surface area contributed by atoms with Crippen LogP contribution in [0.15, 0.2) is 72.4 Å². The zero-order chi connectivity index (χ0) is 17.8. The highest BCUT2D eigenvalue weighted by atomic mass is 16.6. The number of benzene rings is 2. The topological polar surface area (TPSA) is 92.5 Å². The Morgan fingerprint density at radius 1 is 1.00 bits per heavy atom. The van der Waals surface area contributed by atoms with E-state index in [-0.39, 0.29) is 11.4 Å². The number of hydrogen-bond donors (Lipinski definition) is 1. The Morgan fingerprint density at radius 3 is 2.40 bits per heavy atom. The molecule has 0 atom stereocenters. The average Bonchev–Trinajstić information content (AvgIpc) is 2.90. The maximum Gasteiger partial charge on any atom is 0.333 e. The first-order chi connectivity index (χ1) is 12.1. The van der Waals surface area contributed by atoms with Crippen LogP contribution in [0, 0.1) is 10.1 Å². The van der Waals surface area contributed by atoms with Gasteiger partial charge in [-0.3, -0.25) is 14.9 Å². The van der Waals surface area contributed by atoms with Crippen LogP contribution in [0.3, 0.4) is 0 Å². The van der Waals surface area contributed by atoms with Crippen molar-refractivity contribution in [2.24, 2.45) is 0 Å². The molecule has 0 bridgehead atoms. The van der Waals surface area contributed by atoms with E-state index < -0.39 is 16.9 Å². The Morgan fingerprint density at radius 2 is 1.68 bits per heavy atom. The summed E-state index contributed by atoms with van der Waals surface area (Å²) in [5.41, 5.74) is 0.936. The Labute approximate surface area is 143 Å². The largest absolute Gasteiger partial charge is 0.333 e. The lowest BCUT2D eigenvalue weighted by molar-refractivity contribution is -0.385. The number of para-hydroxylation sites is 2. The first-order valence-electron chi connectivity index (χ1n) is 7.40. The van der Waals surface area contributed by atoms with Crippen LogP contribution >= 0.6 is 0 Å². The predicted molar refractivity (Wildman–Crippen MR) is 92.7 cm³/mol. The second-order valence-electron chi connectivity index (χ2n) is 5.16. The first kappa shape index (κ1) is 16.1. The lowest BCUT2D eigenvalue weighted by Crippen LogP contribution is -2.30. The Hall–Kier alpha value is -3.74. The Balaban J connectivity index is 1.83. The number of rotatable bonds is 4. The summed E-state index contributed by atoms with van der Waals surface area (Å²) in [6, 6.07) is 14.3. The molecule has 2 aromatic rings. The lowest BCUT2D eigenvalue weighted by Gasteiger charge is -2.10. The molecule has 0 aromatic heterocycles. The van der Waals surface area contributed by atoms with E-state index in [9.17, 15) is 19.7 Å². The smallest absolute Gasteiger partial charge is 0.302 e. The van der Waals surface area contributed by atoms with Crippen LogP contribution in [-0.2, 0) is 4.79 Å². The van der Waals surface area contributed by atoms with Crippen LogP contribution < -0.4 is 10.2 Å². The van der Waals surface area contributed by atoms with E-state index in [2.05, 4.69) is 5.32 Å². The molecule has 0 radical (unpaired) electrons. The molecule has 3 amide bonds. The highest BCUT2D eigenvalue weighted by Crippen LogP contribution is 2.21. The van der Waals surface area contributed by atoms with Crippen LogP contribution in [0.25, 0.3) is 6.08 Å². The zero-order valence-corrected chi connectivity index (χ0v) is 13.0. The van der Waals surface area contributed by atoms with Gasteiger partial charge in [0, 0.05) is 6.07 Å². The number of nitrogens with zero attached hydrogens (tertiary/aromatic N) is 2. The Bertz CT molecular complexity index is 904. The summed E-state index contributed by atoms with van der Waals surface area (Å²) in [5.74, 6) is -0.483. The zero-order valence-electron chi connectivity index (χ0n) is 13.0. The number of nitrogens with one attached hydrogen (secondary N) is 1. The predicted octanol–water partition coefficient (Wildman–Crippen LogP) is 3.25. The lowest BCUT2D eigenvalue weighted by atomic mass is 10.1. The molecule has 25 heavy (non-hydrogen) atoms. The number of nitro groups is 1. The van der Waals surface area contributed by atoms with Gasteiger partial charge in [0.2, 0.25) is 0 Å². The normalized spacial score (nSPS) is 15.8. The van der Waals surface area contributed by atoms with E-state index in [1.54, 1.807) is 48.5 Å². The van der Waals surface area contributed by atoms with Crippen molar-refractivity contribution in [3.63, 3.8) is 0 Å². The number of anilines is 1. The number of hydrogen-bond acceptors (Lipinski definition) is 4. The number of carbonyl (C=O) groups excluding carboxylic acids is 2. The third-order valence-corrected chi connectivity index (χ3v) is 3.56. The van der Waals surface area contributed by atoms with E-state index >= 15 is 0 Å². The number of amides is 3. The van der Waals surface area contributed by atoms with Gasteiger partial charge in [-0.25, -0.2) is 9.69 Å². The molecule has 124 valence electrons. The summed E-state index contributed by atoms with van der Waals surface area (Å²) < 4.78 is 0. The molecule has 3 rings (SSSR count). The van der Waals surface area contributed by atoms with Crippen molar-refractivity contribution in [2.45, 2.75) is 0 Å². The van der Waals surface area contributed by atoms with E-state index in [4.69, 9.17) is 0 Å². The van der Waals surface area contributed by atoms with E-state index in [1.165, 1.54) is 24.3 Å². The maximum absolute atomic E-state index is 12.4. The third-order valence-electron chi connectivity index (χ3n) is 3.56. The molecule has 0 aliphatic carbocycles. The van der Waals surface area contributed by atoms with Crippen molar-refractivity contribution in [2.75, 3.05) is 4.90 Å². The molecule has 0 spiro atoms. The third kappa shape index (κ3) is 3.30. The fraction of sp³-hybridized carbons (Fsp3) is 0. The molecule has 1 N–H and O–H groups in total. The fourth-order valence-corrected chi connectivity index (χ4v) is 2.40. The van der Waals surface area contributed by atoms with Gasteiger partial charge in [0.1, 0.15) is 5.70 Å². The molecule has 0 saturated carbocycles. The quantitative estimate of drug-likeness (QED) is 0.402. The molecule has 7 heteroatoms. The van der Waals surface area contributed by atoms with Gasteiger partial charge >= 0.3 is 6.03 Å². The van der Waals surface area contributed by atoms with Crippen LogP contribution in [0.1, 0.15) is 5.56 Å². The van der Waals surface area contributed by atoms with Crippen molar-refractivity contribution in [3.8, 4) is 0 Å². The van der Waals surface area contributed by atoms with Gasteiger partial charge in [-0.15, -0.1) is 0 Å². The van der Waals surface area contributed by atoms with Crippen LogP contribution in [-0.4, -0.2) is 16.9 Å². The molecular formula is C18H13N3O4. The summed E-state index contributed by atoms with van der Waals surface area (Å²) in [7, 11) is 0. The first-order valence-corrected chi connectivity index (χ1v) is 7.40. The molecule has 1 aliphatic heterocycles. The number of urea groups is 1. The van der Waals surface area contributed by atoms with Crippen LogP contribution in [0.4, 0.5) is 16.2 Å². The van der Waals surface area contributed by atoms with Gasteiger partial charge < -0.3 is 5.32 Å². The van der Waals surface area contributed by atoms with Gasteiger partial charge in [0.25, 0.3) is 11.6 Å². The standard InChI is InChI=1S/C18H13N3O4/c22-17-15(19-18(23)20(17)14-9-2-1-3-10-14)11-6-8-13-7-4-5-12-16(13)21(24)25/h1-12H,(H,19,23)/b8-6-,15-11+. The molecule has 0 unspecified atom stereocenters. The van der Waals surface area contributed by atoms with Gasteiger partial charge in [0.15, 0.2) is 0 Å². The summed E-state index contributed by atoms with van der Waals surface area (Å²) >= 11 is 0. The minimum absolute atomic E-state index is 0.0372. The highest BCUT2D eigenvalue weighted by Gasteiger charge is 2.34. The molecule has 7 nitrogen and oxygen atoms in total. The van der Waals surface area contributed by atoms with Crippen molar-refractivity contribution in [1.29, 1.82) is 0 Å². The average molecular weight is 335 g/mol. The maximum atomic E-state index is 12.4. The van der Waals surface area contributed by atoms with Crippen molar-refractivity contribution in [3.05, 3.63) is 88.1 Å². The van der Waals surface area contributed by atoms with Crippen LogP contribution in [0.5, 0.6) is 0 Å². The summed E-state index contributed by atoms with van der Waals surface area (Å²) in [6.45, 7) is 0. The number of allylic oxidation sites excluding steroid dienone is 2. The molecule has 1 fully saturated rings. The van der Waals surface area contributed by atoms with Crippen molar-refractivity contribution < 1.29 is 14.5 Å². The summed E-state index contributed by atoms with van der Waals surface area (Å²) in [6.07, 6.45) is 4.42. The van der Waals surface area contributed by atoms with E-state index in [0.717, 1.165) is 4.90 Å². The molecule has 1 heterocycles. The SMILES string of the molecule is O=C1N/C(=C/C=C\c2ccccc2[N+](=O)[O-])C(=O)N1c1ccccc1. The van der Waals surface area contributed by atoms with E-state index in [0.29, 0.717) is 11.3 Å². The molecule has 2 aromatic carbocycles. The molecule has 1 aliphatic rings. The highest BCUT2D eigenvalue weighted by molar-refractivity contribution is 6.26. The van der Waals surface area contributed by atoms with Gasteiger partial charge in [0.05, 0.1) is 16.2 Å². The monoisotopic (exact) mass is 335 g/mol. The van der Waals surface area contributed by atoms with Crippen molar-refractivity contribution in [1.82, 2.24) is 5.32 Å². The molecular weight excluding hydrogens is 322 g/mol. The second kappa shape index (κ2) is 6.79. The van der Waals surface area contributed by atoms with Gasteiger partial charge in [-0.1, -0.05) is 36.4 Å². The number of imide groups is 1. The summed E-state index contributed by atoms with van der Waals surface area (Å²) in [4.78, 5) is 35.9. The fourth-order valence-electron chi connectivity index (χ4n) is 2.40. The second-order valence-corrected chi connectivity index (χ2v) is 5.16. The van der Waals surface area contributed by atoms with Gasteiger partial charge in [-0.05, 0) is 30.4 Å². The minimum atomic E-state index is -0.540. The van der Waals surface area contributed by atoms with Crippen molar-refractivity contribution >= 4 is 29.4 Å². The Kier molecular flexibility index (Phi) is 4.38. The van der Waals surface area contributed by atoms with E-state index in [1.807, 2.05) is 0 Å². The number of carbonyl (C=O) groups is 2. The van der Waals surface area contributed by atoms with Gasteiger partial charge in [-0.2, -0.15) is 0 Å². The minimum Gasteiger partial charge on any atom is -0.302 e. The summed E-state index contributed by atoms with van der Waals surface area (Å²) in [5, 5.41) is 13.5. The van der Waals surface area contributed by atoms with Crippen LogP contribution in [0.2, 0.25) is 0 Å².